The van der Waals surface area contributed by atoms with Crippen LogP contribution >= 0.6 is 0 Å². The first-order valence-corrected chi connectivity index (χ1v) is 11.9. The number of carbonyl (C=O) groups excluding carboxylic acids is 2. The second-order valence-electron chi connectivity index (χ2n) is 8.64. The molecule has 4 rings (SSSR count). The molecule has 2 saturated heterocycles. The zero-order valence-corrected chi connectivity index (χ0v) is 20.9. The number of morpholine rings is 1. The molecule has 0 unspecified atom stereocenters. The van der Waals surface area contributed by atoms with E-state index in [-0.39, 0.29) is 11.3 Å². The summed E-state index contributed by atoms with van der Waals surface area (Å²) < 4.78 is 21.3. The van der Waals surface area contributed by atoms with Gasteiger partial charge in [-0.15, -0.1) is 0 Å². The molecule has 0 aliphatic carbocycles. The van der Waals surface area contributed by atoms with Gasteiger partial charge < -0.3 is 29.0 Å². The SMILES string of the molecule is COc1ccc([C@@H]2C(=C(O)c3ccc(OC)c(OC)c3)C(=O)C(=O)N2CCCN2CCOCC2)cc1. The number of hydrogen-bond donors (Lipinski definition) is 1. The fraction of sp³-hybridized carbons (Fsp3) is 0.407. The molecular weight excluding hydrogens is 464 g/mol. The third kappa shape index (κ3) is 5.17. The minimum atomic E-state index is -0.728. The predicted octanol–water partition coefficient (Wildman–Crippen LogP) is 2.86. The van der Waals surface area contributed by atoms with E-state index >= 15 is 0 Å². The monoisotopic (exact) mass is 496 g/mol. The van der Waals surface area contributed by atoms with Gasteiger partial charge in [0.25, 0.3) is 11.7 Å². The number of likely N-dealkylation sites (tertiary alicyclic amines) is 1. The Morgan fingerprint density at radius 1 is 0.944 bits per heavy atom. The fourth-order valence-electron chi connectivity index (χ4n) is 4.67. The summed E-state index contributed by atoms with van der Waals surface area (Å²) in [5, 5.41) is 11.3. The number of amides is 1. The van der Waals surface area contributed by atoms with E-state index in [0.29, 0.717) is 54.6 Å². The van der Waals surface area contributed by atoms with Crippen molar-refractivity contribution in [3.05, 3.63) is 59.2 Å². The molecule has 0 bridgehead atoms. The summed E-state index contributed by atoms with van der Waals surface area (Å²) in [6, 6.07) is 11.3. The van der Waals surface area contributed by atoms with Gasteiger partial charge in [-0.3, -0.25) is 14.5 Å². The van der Waals surface area contributed by atoms with Crippen LogP contribution in [0, 0.1) is 0 Å². The average Bonchev–Trinajstić information content (AvgIpc) is 3.18. The minimum Gasteiger partial charge on any atom is -0.507 e. The highest BCUT2D eigenvalue weighted by Gasteiger charge is 2.45. The van der Waals surface area contributed by atoms with Crippen LogP contribution in [0.25, 0.3) is 5.76 Å². The summed E-state index contributed by atoms with van der Waals surface area (Å²) in [5.41, 5.74) is 1.12. The summed E-state index contributed by atoms with van der Waals surface area (Å²) in [6.07, 6.45) is 0.691. The molecule has 1 amide bonds. The Labute approximate surface area is 210 Å². The van der Waals surface area contributed by atoms with Gasteiger partial charge in [0.15, 0.2) is 11.5 Å². The van der Waals surface area contributed by atoms with Gasteiger partial charge in [0, 0.05) is 31.7 Å². The van der Waals surface area contributed by atoms with Gasteiger partial charge in [-0.25, -0.2) is 0 Å². The molecule has 2 aliphatic rings. The lowest BCUT2D eigenvalue weighted by Crippen LogP contribution is -2.38. The maximum absolute atomic E-state index is 13.3. The van der Waals surface area contributed by atoms with Crippen molar-refractivity contribution in [3.63, 3.8) is 0 Å². The third-order valence-corrected chi connectivity index (χ3v) is 6.61. The van der Waals surface area contributed by atoms with Crippen molar-refractivity contribution >= 4 is 17.4 Å². The molecule has 0 radical (unpaired) electrons. The smallest absolute Gasteiger partial charge is 0.295 e. The van der Waals surface area contributed by atoms with Crippen molar-refractivity contribution in [2.45, 2.75) is 12.5 Å². The highest BCUT2D eigenvalue weighted by molar-refractivity contribution is 6.46. The van der Waals surface area contributed by atoms with E-state index < -0.39 is 17.7 Å². The molecule has 2 aromatic carbocycles. The van der Waals surface area contributed by atoms with Crippen molar-refractivity contribution in [2.75, 3.05) is 60.7 Å². The Kier molecular flexibility index (Phi) is 8.12. The van der Waals surface area contributed by atoms with Crippen LogP contribution in [0.3, 0.4) is 0 Å². The molecule has 192 valence electrons. The number of carbonyl (C=O) groups is 2. The van der Waals surface area contributed by atoms with Crippen molar-refractivity contribution in [1.29, 1.82) is 0 Å². The van der Waals surface area contributed by atoms with E-state index in [1.54, 1.807) is 42.3 Å². The number of ketones is 1. The topological polar surface area (TPSA) is 97.8 Å². The van der Waals surface area contributed by atoms with Gasteiger partial charge in [0.1, 0.15) is 11.5 Å². The first-order chi connectivity index (χ1) is 17.5. The molecule has 2 aliphatic heterocycles. The number of Topliss-reactive ketones (excluding diaryl/α,β-unsaturated/α-hetero) is 1. The first-order valence-electron chi connectivity index (χ1n) is 11.9. The molecule has 9 nitrogen and oxygen atoms in total. The number of aliphatic hydroxyl groups excluding tert-OH is 1. The van der Waals surface area contributed by atoms with E-state index in [2.05, 4.69) is 4.90 Å². The van der Waals surface area contributed by atoms with Crippen molar-refractivity contribution < 1.29 is 33.6 Å². The van der Waals surface area contributed by atoms with Crippen LogP contribution in [0.4, 0.5) is 0 Å². The van der Waals surface area contributed by atoms with Crippen LogP contribution in [0.1, 0.15) is 23.6 Å². The molecule has 1 N–H and O–H groups in total. The summed E-state index contributed by atoms with van der Waals surface area (Å²) in [6.45, 7) is 4.25. The third-order valence-electron chi connectivity index (χ3n) is 6.61. The molecule has 2 aromatic rings. The fourth-order valence-corrected chi connectivity index (χ4v) is 4.67. The molecule has 0 aromatic heterocycles. The normalized spacial score (nSPS) is 20.0. The molecule has 0 spiro atoms. The number of nitrogens with zero attached hydrogens (tertiary/aromatic N) is 2. The van der Waals surface area contributed by atoms with Crippen molar-refractivity contribution in [2.24, 2.45) is 0 Å². The van der Waals surface area contributed by atoms with Gasteiger partial charge in [-0.2, -0.15) is 0 Å². The number of methoxy groups -OCH3 is 3. The molecule has 1 atom stereocenters. The number of rotatable bonds is 9. The van der Waals surface area contributed by atoms with Gasteiger partial charge >= 0.3 is 0 Å². The van der Waals surface area contributed by atoms with Crippen molar-refractivity contribution in [1.82, 2.24) is 9.80 Å². The zero-order chi connectivity index (χ0) is 25.7. The van der Waals surface area contributed by atoms with E-state index in [4.69, 9.17) is 18.9 Å². The lowest BCUT2D eigenvalue weighted by molar-refractivity contribution is -0.140. The van der Waals surface area contributed by atoms with Crippen LogP contribution in [0.15, 0.2) is 48.0 Å². The minimum absolute atomic E-state index is 0.0451. The Hall–Kier alpha value is -3.56. The van der Waals surface area contributed by atoms with Crippen LogP contribution in [-0.2, 0) is 14.3 Å². The Bertz CT molecular complexity index is 1120. The predicted molar refractivity (Wildman–Crippen MR) is 133 cm³/mol. The van der Waals surface area contributed by atoms with Gasteiger partial charge in [-0.05, 0) is 42.3 Å². The number of benzene rings is 2. The molecule has 36 heavy (non-hydrogen) atoms. The lowest BCUT2D eigenvalue weighted by atomic mass is 9.95. The van der Waals surface area contributed by atoms with E-state index in [1.165, 1.54) is 14.2 Å². The summed E-state index contributed by atoms with van der Waals surface area (Å²) >= 11 is 0. The van der Waals surface area contributed by atoms with Crippen LogP contribution in [0.5, 0.6) is 17.2 Å². The maximum Gasteiger partial charge on any atom is 0.295 e. The Morgan fingerprint density at radius 3 is 2.28 bits per heavy atom. The van der Waals surface area contributed by atoms with Gasteiger partial charge in [-0.1, -0.05) is 12.1 Å². The Morgan fingerprint density at radius 2 is 1.64 bits per heavy atom. The van der Waals surface area contributed by atoms with E-state index in [0.717, 1.165) is 19.6 Å². The molecule has 9 heteroatoms. The summed E-state index contributed by atoms with van der Waals surface area (Å²) in [7, 11) is 4.58. The van der Waals surface area contributed by atoms with Gasteiger partial charge in [0.2, 0.25) is 0 Å². The summed E-state index contributed by atoms with van der Waals surface area (Å²) in [4.78, 5) is 30.3. The molecule has 0 saturated carbocycles. The van der Waals surface area contributed by atoms with E-state index in [9.17, 15) is 14.7 Å². The number of ether oxygens (including phenoxy) is 4. The largest absolute Gasteiger partial charge is 0.507 e. The number of hydrogen-bond acceptors (Lipinski definition) is 8. The molecular formula is C27H32N2O7. The molecule has 2 fully saturated rings. The van der Waals surface area contributed by atoms with Crippen LogP contribution in [-0.4, -0.2) is 87.3 Å². The highest BCUT2D eigenvalue weighted by atomic mass is 16.5. The average molecular weight is 497 g/mol. The van der Waals surface area contributed by atoms with E-state index in [1.807, 2.05) is 12.1 Å². The zero-order valence-electron chi connectivity index (χ0n) is 20.9. The molecule has 2 heterocycles. The Balaban J connectivity index is 1.70. The maximum atomic E-state index is 13.3. The first kappa shape index (κ1) is 25.5. The van der Waals surface area contributed by atoms with Gasteiger partial charge in [0.05, 0.1) is 46.2 Å². The second-order valence-corrected chi connectivity index (χ2v) is 8.64. The van der Waals surface area contributed by atoms with Crippen LogP contribution in [0.2, 0.25) is 0 Å². The lowest BCUT2D eigenvalue weighted by Gasteiger charge is -2.29. The number of aliphatic hydroxyl groups is 1. The standard InChI is InChI=1S/C27H32N2O7/c1-33-20-8-5-18(6-9-20)24-23(25(30)19-7-10-21(34-2)22(17-19)35-3)26(31)27(32)29(24)12-4-11-28-13-15-36-16-14-28/h5-10,17,24,30H,4,11-16H2,1-3H3/t24-/m1/s1. The summed E-state index contributed by atoms with van der Waals surface area (Å²) in [5.74, 6) is -0.0467. The second kappa shape index (κ2) is 11.5. The van der Waals surface area contributed by atoms with Crippen molar-refractivity contribution in [3.8, 4) is 17.2 Å². The van der Waals surface area contributed by atoms with Crippen LogP contribution < -0.4 is 14.2 Å². The highest BCUT2D eigenvalue weighted by Crippen LogP contribution is 2.41. The quantitative estimate of drug-likeness (QED) is 0.322.